The number of hydrogen-bond donors (Lipinski definition) is 0. The molecule has 0 aromatic heterocycles. The minimum Gasteiger partial charge on any atom is -0.362 e. The van der Waals surface area contributed by atoms with E-state index < -0.39 is 0 Å². The molecule has 0 aliphatic carbocycles. The molecule has 0 aromatic carbocycles. The number of hydrogen-bond acceptors (Lipinski definition) is 2. The van der Waals surface area contributed by atoms with Gasteiger partial charge in [-0.05, 0) is 27.7 Å². The molecule has 67 valence electrons. The normalized spacial score (nSPS) is 16.4. The van der Waals surface area contributed by atoms with E-state index in [1.807, 2.05) is 27.7 Å². The topological polar surface area (TPSA) is 32.6 Å². The summed E-state index contributed by atoms with van der Waals surface area (Å²) < 4.78 is 10.4. The molecular weight excluding hydrogens is 142 g/mol. The largest absolute Gasteiger partial charge is 0.362 e. The Morgan fingerprint density at radius 3 is 1.64 bits per heavy atom. The molecule has 0 saturated heterocycles. The van der Waals surface area contributed by atoms with Gasteiger partial charge in [0.15, 0.2) is 0 Å². The Hall–Kier alpha value is -0.120. The summed E-state index contributed by atoms with van der Waals surface area (Å²) >= 11 is 0. The van der Waals surface area contributed by atoms with E-state index in [1.165, 1.54) is 0 Å². The van der Waals surface area contributed by atoms with Crippen LogP contribution in [0.25, 0.3) is 0 Å². The van der Waals surface area contributed by atoms with Gasteiger partial charge >= 0.3 is 0 Å². The van der Waals surface area contributed by atoms with Crippen LogP contribution < -0.4 is 5.32 Å². The van der Waals surface area contributed by atoms with Crippen molar-refractivity contribution >= 4 is 0 Å². The third-order valence-corrected chi connectivity index (χ3v) is 1.24. The maximum atomic E-state index is 5.21. The summed E-state index contributed by atoms with van der Waals surface area (Å²) in [6.07, 6.45) is -0.108. The van der Waals surface area contributed by atoms with E-state index in [2.05, 4.69) is 5.32 Å². The van der Waals surface area contributed by atoms with Gasteiger partial charge in [0.1, 0.15) is 12.5 Å². The minimum atomic E-state index is -0.0541. The molecule has 0 spiro atoms. The lowest BCUT2D eigenvalue weighted by Crippen LogP contribution is -2.31. The highest BCUT2D eigenvalue weighted by Gasteiger charge is 2.07. The molecule has 2 unspecified atom stereocenters. The van der Waals surface area contributed by atoms with Crippen molar-refractivity contribution in [3.63, 3.8) is 0 Å². The summed E-state index contributed by atoms with van der Waals surface area (Å²) in [4.78, 5) is 0. The Balaban J connectivity index is 3.32. The highest BCUT2D eigenvalue weighted by molar-refractivity contribution is 4.48. The van der Waals surface area contributed by atoms with E-state index >= 15 is 0 Å². The zero-order valence-electron chi connectivity index (χ0n) is 7.83. The molecule has 3 heteroatoms. The Morgan fingerprint density at radius 2 is 1.36 bits per heavy atom. The molecule has 0 aliphatic rings. The quantitative estimate of drug-likeness (QED) is 0.587. The average Bonchev–Trinajstić information content (AvgIpc) is 1.87. The van der Waals surface area contributed by atoms with E-state index in [-0.39, 0.29) is 12.5 Å². The molecule has 0 fully saturated rings. The zero-order valence-corrected chi connectivity index (χ0v) is 7.83. The van der Waals surface area contributed by atoms with Gasteiger partial charge in [-0.3, -0.25) is 0 Å². The van der Waals surface area contributed by atoms with Gasteiger partial charge in [0.2, 0.25) is 0 Å². The first-order valence-corrected chi connectivity index (χ1v) is 4.13. The molecule has 0 heterocycles. The monoisotopic (exact) mass is 160 g/mol. The molecule has 3 nitrogen and oxygen atoms in total. The second-order valence-corrected chi connectivity index (χ2v) is 2.26. The van der Waals surface area contributed by atoms with Crippen LogP contribution in [0.2, 0.25) is 0 Å². The van der Waals surface area contributed by atoms with Crippen LogP contribution in [0.15, 0.2) is 0 Å². The minimum absolute atomic E-state index is 0.0541. The molecular formula is C8H18NO2. The van der Waals surface area contributed by atoms with E-state index in [9.17, 15) is 0 Å². The molecule has 2 atom stereocenters. The molecule has 1 radical (unpaired) electrons. The van der Waals surface area contributed by atoms with Crippen LogP contribution in [-0.2, 0) is 9.47 Å². The van der Waals surface area contributed by atoms with Crippen LogP contribution in [0.5, 0.6) is 0 Å². The van der Waals surface area contributed by atoms with Gasteiger partial charge in [-0.25, -0.2) is 0 Å². The third-order valence-electron chi connectivity index (χ3n) is 1.24. The Labute approximate surface area is 69.1 Å². The van der Waals surface area contributed by atoms with Crippen molar-refractivity contribution in [1.82, 2.24) is 5.32 Å². The van der Waals surface area contributed by atoms with E-state index in [1.54, 1.807) is 0 Å². The summed E-state index contributed by atoms with van der Waals surface area (Å²) in [5.74, 6) is 0. The smallest absolute Gasteiger partial charge is 0.123 e. The lowest BCUT2D eigenvalue weighted by molar-refractivity contribution is -0.0273. The van der Waals surface area contributed by atoms with Gasteiger partial charge < -0.3 is 9.47 Å². The van der Waals surface area contributed by atoms with Crippen LogP contribution in [0.3, 0.4) is 0 Å². The van der Waals surface area contributed by atoms with Crippen molar-refractivity contribution in [3.8, 4) is 0 Å². The van der Waals surface area contributed by atoms with Gasteiger partial charge in [-0.2, -0.15) is 5.32 Å². The first-order valence-electron chi connectivity index (χ1n) is 4.13. The van der Waals surface area contributed by atoms with Crippen LogP contribution in [0.4, 0.5) is 0 Å². The molecule has 0 N–H and O–H groups in total. The zero-order chi connectivity index (χ0) is 8.69. The van der Waals surface area contributed by atoms with Gasteiger partial charge in [-0.1, -0.05) is 0 Å². The lowest BCUT2D eigenvalue weighted by Gasteiger charge is -2.16. The van der Waals surface area contributed by atoms with Crippen molar-refractivity contribution in [3.05, 3.63) is 0 Å². The number of nitrogens with zero attached hydrogens (tertiary/aromatic N) is 1. The van der Waals surface area contributed by atoms with E-state index in [0.29, 0.717) is 13.2 Å². The Kier molecular flexibility index (Phi) is 6.51. The maximum Gasteiger partial charge on any atom is 0.123 e. The highest BCUT2D eigenvalue weighted by atomic mass is 16.5. The molecule has 0 saturated carbocycles. The number of ether oxygens (including phenoxy) is 2. The lowest BCUT2D eigenvalue weighted by atomic mass is 10.5. The average molecular weight is 160 g/mol. The predicted octanol–water partition coefficient (Wildman–Crippen LogP) is 1.36. The van der Waals surface area contributed by atoms with Gasteiger partial charge in [0, 0.05) is 13.2 Å². The molecule has 11 heavy (non-hydrogen) atoms. The van der Waals surface area contributed by atoms with E-state index in [4.69, 9.17) is 9.47 Å². The van der Waals surface area contributed by atoms with Crippen molar-refractivity contribution in [2.75, 3.05) is 13.2 Å². The third kappa shape index (κ3) is 6.28. The summed E-state index contributed by atoms with van der Waals surface area (Å²) in [6, 6.07) is 0. The molecule has 0 rings (SSSR count). The van der Waals surface area contributed by atoms with Crippen LogP contribution >= 0.6 is 0 Å². The Morgan fingerprint density at radius 1 is 1.00 bits per heavy atom. The van der Waals surface area contributed by atoms with Crippen molar-refractivity contribution in [2.24, 2.45) is 0 Å². The summed E-state index contributed by atoms with van der Waals surface area (Å²) in [5, 5.41) is 4.21. The van der Waals surface area contributed by atoms with Crippen molar-refractivity contribution < 1.29 is 9.47 Å². The molecule has 0 bridgehead atoms. The van der Waals surface area contributed by atoms with E-state index in [0.717, 1.165) is 0 Å². The van der Waals surface area contributed by atoms with Gasteiger partial charge in [-0.15, -0.1) is 0 Å². The fourth-order valence-electron chi connectivity index (χ4n) is 0.864. The summed E-state index contributed by atoms with van der Waals surface area (Å²) in [7, 11) is 0. The first-order chi connectivity index (χ1) is 5.20. The summed E-state index contributed by atoms with van der Waals surface area (Å²) in [6.45, 7) is 9.14. The second kappa shape index (κ2) is 6.58. The van der Waals surface area contributed by atoms with Crippen LogP contribution in [0.1, 0.15) is 27.7 Å². The number of rotatable bonds is 6. The second-order valence-electron chi connectivity index (χ2n) is 2.26. The van der Waals surface area contributed by atoms with Gasteiger partial charge in [0.05, 0.1) is 0 Å². The molecule has 0 aliphatic heterocycles. The van der Waals surface area contributed by atoms with Crippen molar-refractivity contribution in [2.45, 2.75) is 40.2 Å². The SMILES string of the molecule is CCOC(C)[N]C(C)OCC. The fourth-order valence-corrected chi connectivity index (χ4v) is 0.864. The summed E-state index contributed by atoms with van der Waals surface area (Å²) in [5.41, 5.74) is 0. The first kappa shape index (κ1) is 10.9. The standard InChI is InChI=1S/C8H18NO2/c1-5-10-7(3)9-8(4)11-6-2/h7-8H,5-6H2,1-4H3. The van der Waals surface area contributed by atoms with Crippen LogP contribution in [0, 0.1) is 0 Å². The maximum absolute atomic E-state index is 5.21. The predicted molar refractivity (Wildman–Crippen MR) is 44.3 cm³/mol. The van der Waals surface area contributed by atoms with Crippen LogP contribution in [-0.4, -0.2) is 25.7 Å². The van der Waals surface area contributed by atoms with Gasteiger partial charge in [0.25, 0.3) is 0 Å². The molecule has 0 aromatic rings. The highest BCUT2D eigenvalue weighted by Crippen LogP contribution is 1.93. The Bertz CT molecular complexity index is 78.2. The molecule has 0 amide bonds. The fraction of sp³-hybridized carbons (Fsp3) is 1.00. The van der Waals surface area contributed by atoms with Crippen molar-refractivity contribution in [1.29, 1.82) is 0 Å².